The van der Waals surface area contributed by atoms with Crippen LogP contribution < -0.4 is 0 Å². The largest absolute Gasteiger partial charge is 0.176 e. The minimum Gasteiger partial charge on any atom is -0.164 e. The van der Waals surface area contributed by atoms with Crippen molar-refractivity contribution >= 4 is 60.1 Å². The Bertz CT molecular complexity index is 264. The number of aromatic nitrogens is 2. The van der Waals surface area contributed by atoms with E-state index in [1.807, 2.05) is 0 Å². The highest BCUT2D eigenvalue weighted by Crippen LogP contribution is 2.35. The number of hydrogen-bond donors (Lipinski definition) is 2. The second-order valence-electron chi connectivity index (χ2n) is 2.80. The molecule has 0 saturated carbocycles. The molecule has 0 N–H and O–H groups in total. The first-order valence-corrected chi connectivity index (χ1v) is 8.29. The van der Waals surface area contributed by atoms with Gasteiger partial charge in [0.05, 0.1) is 9.16 Å². The van der Waals surface area contributed by atoms with Crippen molar-refractivity contribution in [1.29, 1.82) is 0 Å². The topological polar surface area (TPSA) is 25.8 Å². The first-order chi connectivity index (χ1) is 7.15. The fraction of sp³-hybridized carbons (Fsp3) is 0.750. The van der Waals surface area contributed by atoms with Gasteiger partial charge >= 0.3 is 0 Å². The van der Waals surface area contributed by atoms with Gasteiger partial charge in [-0.2, -0.15) is 25.3 Å². The van der Waals surface area contributed by atoms with Crippen molar-refractivity contribution in [1.82, 2.24) is 10.2 Å². The standard InChI is InChI=1S/C8H14N2S5/c1-3-5(11)13-7-9-10-8(15-7)14-6(12)4-2/h5-6,11-12H,3-4H2,1-2H3. The summed E-state index contributed by atoms with van der Waals surface area (Å²) < 4.78 is 2.62. The Hall–Kier alpha value is 0.960. The molecule has 7 heteroatoms. The van der Waals surface area contributed by atoms with Crippen LogP contribution in [0.25, 0.3) is 0 Å². The maximum Gasteiger partial charge on any atom is 0.176 e. The molecule has 0 aliphatic heterocycles. The number of hydrogen-bond acceptors (Lipinski definition) is 7. The van der Waals surface area contributed by atoms with E-state index in [2.05, 4.69) is 49.3 Å². The summed E-state index contributed by atoms with van der Waals surface area (Å²) in [4.78, 5) is 0. The van der Waals surface area contributed by atoms with E-state index in [0.717, 1.165) is 21.5 Å². The van der Waals surface area contributed by atoms with Gasteiger partial charge in [-0.1, -0.05) is 48.7 Å². The smallest absolute Gasteiger partial charge is 0.164 e. The molecule has 0 aromatic carbocycles. The quantitative estimate of drug-likeness (QED) is 0.470. The van der Waals surface area contributed by atoms with E-state index in [1.165, 1.54) is 0 Å². The van der Waals surface area contributed by atoms with E-state index < -0.39 is 0 Å². The molecule has 1 rings (SSSR count). The fourth-order valence-electron chi connectivity index (χ4n) is 0.692. The lowest BCUT2D eigenvalue weighted by Crippen LogP contribution is -1.87. The summed E-state index contributed by atoms with van der Waals surface area (Å²) in [6.07, 6.45) is 2.06. The van der Waals surface area contributed by atoms with Crippen molar-refractivity contribution in [2.24, 2.45) is 0 Å². The highest BCUT2D eigenvalue weighted by Gasteiger charge is 2.11. The molecule has 0 radical (unpaired) electrons. The van der Waals surface area contributed by atoms with Crippen molar-refractivity contribution in [3.8, 4) is 0 Å². The molecule has 0 bridgehead atoms. The monoisotopic (exact) mass is 298 g/mol. The summed E-state index contributed by atoms with van der Waals surface area (Å²) in [6, 6.07) is 0. The zero-order valence-corrected chi connectivity index (χ0v) is 12.8. The third kappa shape index (κ3) is 5.21. The second kappa shape index (κ2) is 7.32. The molecule has 2 atom stereocenters. The highest BCUT2D eigenvalue weighted by molar-refractivity contribution is 8.13. The normalized spacial score (nSPS) is 15.2. The van der Waals surface area contributed by atoms with Gasteiger partial charge in [-0.25, -0.2) is 0 Å². The lowest BCUT2D eigenvalue weighted by atomic mass is 10.6. The van der Waals surface area contributed by atoms with Gasteiger partial charge in [0.15, 0.2) is 8.68 Å². The Morgan fingerprint density at radius 2 is 1.47 bits per heavy atom. The van der Waals surface area contributed by atoms with Crippen LogP contribution in [0.3, 0.4) is 0 Å². The first-order valence-electron chi connectivity index (χ1n) is 4.68. The van der Waals surface area contributed by atoms with Crippen LogP contribution in [0.4, 0.5) is 0 Å². The maximum absolute atomic E-state index is 4.42. The average molecular weight is 299 g/mol. The van der Waals surface area contributed by atoms with E-state index >= 15 is 0 Å². The van der Waals surface area contributed by atoms with Crippen LogP contribution in [0.15, 0.2) is 8.68 Å². The number of rotatable bonds is 6. The molecule has 0 fully saturated rings. The van der Waals surface area contributed by atoms with Crippen LogP contribution in [0, 0.1) is 0 Å². The minimum atomic E-state index is 0.314. The maximum atomic E-state index is 4.42. The van der Waals surface area contributed by atoms with Gasteiger partial charge in [-0.3, -0.25) is 0 Å². The van der Waals surface area contributed by atoms with Gasteiger partial charge in [-0.05, 0) is 12.8 Å². The Morgan fingerprint density at radius 3 is 1.80 bits per heavy atom. The van der Waals surface area contributed by atoms with Crippen LogP contribution in [-0.2, 0) is 0 Å². The molecule has 0 aliphatic rings. The van der Waals surface area contributed by atoms with Crippen LogP contribution in [0.1, 0.15) is 26.7 Å². The molecule has 86 valence electrons. The first kappa shape index (κ1) is 14.0. The lowest BCUT2D eigenvalue weighted by Gasteiger charge is -2.02. The second-order valence-corrected chi connectivity index (χ2v) is 8.62. The highest BCUT2D eigenvalue weighted by atomic mass is 32.2. The van der Waals surface area contributed by atoms with E-state index in [9.17, 15) is 0 Å². The van der Waals surface area contributed by atoms with Gasteiger partial charge in [0.25, 0.3) is 0 Å². The van der Waals surface area contributed by atoms with E-state index in [0.29, 0.717) is 9.16 Å². The minimum absolute atomic E-state index is 0.314. The molecule has 0 spiro atoms. The van der Waals surface area contributed by atoms with Gasteiger partial charge in [0, 0.05) is 0 Å². The lowest BCUT2D eigenvalue weighted by molar-refractivity contribution is 0.947. The molecule has 1 aromatic rings. The Balaban J connectivity index is 2.49. The van der Waals surface area contributed by atoms with E-state index in [1.54, 1.807) is 34.9 Å². The van der Waals surface area contributed by atoms with Crippen LogP contribution >= 0.6 is 60.1 Å². The summed E-state index contributed by atoms with van der Waals surface area (Å²) >= 11 is 13.8. The van der Waals surface area contributed by atoms with Crippen molar-refractivity contribution in [2.45, 2.75) is 44.5 Å². The Labute approximate surface area is 114 Å². The predicted molar refractivity (Wildman–Crippen MR) is 77.8 cm³/mol. The molecular formula is C8H14N2S5. The molecule has 1 aromatic heterocycles. The SMILES string of the molecule is CCC(S)Sc1nnc(SC(S)CC)s1. The van der Waals surface area contributed by atoms with Gasteiger partial charge in [0.1, 0.15) is 0 Å². The third-order valence-corrected chi connectivity index (χ3v) is 6.29. The fourth-order valence-corrected chi connectivity index (χ4v) is 4.72. The zero-order valence-electron chi connectivity index (χ0n) is 8.58. The predicted octanol–water partition coefficient (Wildman–Crippen LogP) is 4.05. The summed E-state index contributed by atoms with van der Waals surface area (Å²) in [6.45, 7) is 4.23. The van der Waals surface area contributed by atoms with Gasteiger partial charge in [0.2, 0.25) is 0 Å². The number of thiol groups is 2. The van der Waals surface area contributed by atoms with Crippen molar-refractivity contribution < 1.29 is 0 Å². The van der Waals surface area contributed by atoms with E-state index in [4.69, 9.17) is 0 Å². The summed E-state index contributed by atoms with van der Waals surface area (Å²) in [5, 5.41) is 8.24. The number of nitrogens with zero attached hydrogens (tertiary/aromatic N) is 2. The molecule has 1 heterocycles. The molecular weight excluding hydrogens is 284 g/mol. The zero-order chi connectivity index (χ0) is 11.3. The van der Waals surface area contributed by atoms with Crippen molar-refractivity contribution in [3.63, 3.8) is 0 Å². The molecule has 2 nitrogen and oxygen atoms in total. The summed E-state index contributed by atoms with van der Waals surface area (Å²) in [7, 11) is 0. The molecule has 0 amide bonds. The molecule has 2 unspecified atom stereocenters. The molecule has 0 saturated heterocycles. The van der Waals surface area contributed by atoms with Crippen LogP contribution in [0.2, 0.25) is 0 Å². The Morgan fingerprint density at radius 1 is 1.07 bits per heavy atom. The number of thioether (sulfide) groups is 2. The van der Waals surface area contributed by atoms with E-state index in [-0.39, 0.29) is 0 Å². The van der Waals surface area contributed by atoms with Crippen molar-refractivity contribution in [2.75, 3.05) is 0 Å². The van der Waals surface area contributed by atoms with Gasteiger partial charge in [-0.15, -0.1) is 10.2 Å². The van der Waals surface area contributed by atoms with Crippen LogP contribution in [0.5, 0.6) is 0 Å². The van der Waals surface area contributed by atoms with Gasteiger partial charge < -0.3 is 0 Å². The molecule has 15 heavy (non-hydrogen) atoms. The van der Waals surface area contributed by atoms with Crippen LogP contribution in [-0.4, -0.2) is 19.4 Å². The Kier molecular flexibility index (Phi) is 6.84. The summed E-state index contributed by atoms with van der Waals surface area (Å²) in [5.74, 6) is 0. The van der Waals surface area contributed by atoms with Crippen molar-refractivity contribution in [3.05, 3.63) is 0 Å². The summed E-state index contributed by atoms with van der Waals surface area (Å²) in [5.41, 5.74) is 0. The molecule has 0 aliphatic carbocycles. The third-order valence-electron chi connectivity index (χ3n) is 1.56. The average Bonchev–Trinajstić information content (AvgIpc) is 2.65.